The molecule has 5 nitrogen and oxygen atoms in total. The number of nitrogens with two attached hydrogens (primary N) is 2. The first-order valence-corrected chi connectivity index (χ1v) is 5.36. The lowest BCUT2D eigenvalue weighted by atomic mass is 10.0. The molecule has 0 bridgehead atoms. The summed E-state index contributed by atoms with van der Waals surface area (Å²) in [4.78, 5) is 11.1. The number of esters is 1. The van der Waals surface area contributed by atoms with Crippen LogP contribution in [0.4, 0.5) is 5.69 Å². The highest BCUT2D eigenvalue weighted by atomic mass is 79.9. The zero-order valence-corrected chi connectivity index (χ0v) is 10.3. The second-order valence-electron chi connectivity index (χ2n) is 3.29. The zero-order valence-electron chi connectivity index (χ0n) is 8.74. The first-order valence-electron chi connectivity index (χ1n) is 4.56. The lowest BCUT2D eigenvalue weighted by Crippen LogP contribution is -2.17. The Labute approximate surface area is 102 Å². The Morgan fingerprint density at radius 2 is 2.25 bits per heavy atom. The number of hydrogen-bond acceptors (Lipinski definition) is 5. The number of anilines is 1. The molecule has 1 aromatic rings. The summed E-state index contributed by atoms with van der Waals surface area (Å²) in [5.74, 6) is -0.549. The SMILES string of the molecule is COC(=O)C[C@@H](N)c1c(Br)ccc(N)c1O. The molecular weight excluding hydrogens is 276 g/mol. The van der Waals surface area contributed by atoms with Gasteiger partial charge in [-0.1, -0.05) is 15.9 Å². The molecule has 0 fully saturated rings. The second-order valence-corrected chi connectivity index (χ2v) is 4.14. The Morgan fingerprint density at radius 1 is 1.62 bits per heavy atom. The largest absolute Gasteiger partial charge is 0.505 e. The lowest BCUT2D eigenvalue weighted by molar-refractivity contribution is -0.141. The average Bonchev–Trinajstić information content (AvgIpc) is 2.24. The van der Waals surface area contributed by atoms with Crippen LogP contribution in [-0.2, 0) is 9.53 Å². The van der Waals surface area contributed by atoms with E-state index in [1.165, 1.54) is 7.11 Å². The van der Waals surface area contributed by atoms with E-state index in [1.807, 2.05) is 0 Å². The summed E-state index contributed by atoms with van der Waals surface area (Å²) < 4.78 is 5.11. The molecule has 0 aromatic heterocycles. The summed E-state index contributed by atoms with van der Waals surface area (Å²) in [6.07, 6.45) is -0.0217. The monoisotopic (exact) mass is 288 g/mol. The summed E-state index contributed by atoms with van der Waals surface area (Å²) in [7, 11) is 1.28. The third-order valence-corrected chi connectivity index (χ3v) is 2.87. The Hall–Kier alpha value is -1.27. The first kappa shape index (κ1) is 12.8. The van der Waals surface area contributed by atoms with E-state index in [4.69, 9.17) is 11.5 Å². The topological polar surface area (TPSA) is 98.6 Å². The van der Waals surface area contributed by atoms with Crippen molar-refractivity contribution in [3.8, 4) is 5.75 Å². The van der Waals surface area contributed by atoms with Crippen molar-refractivity contribution < 1.29 is 14.6 Å². The van der Waals surface area contributed by atoms with E-state index in [9.17, 15) is 9.90 Å². The van der Waals surface area contributed by atoms with E-state index in [2.05, 4.69) is 20.7 Å². The van der Waals surface area contributed by atoms with Gasteiger partial charge in [-0.25, -0.2) is 0 Å². The summed E-state index contributed by atoms with van der Waals surface area (Å²) in [6.45, 7) is 0. The van der Waals surface area contributed by atoms with Gasteiger partial charge in [0.25, 0.3) is 0 Å². The maximum atomic E-state index is 11.1. The Bertz CT molecular complexity index is 409. The fraction of sp³-hybridized carbons (Fsp3) is 0.300. The highest BCUT2D eigenvalue weighted by molar-refractivity contribution is 9.10. The van der Waals surface area contributed by atoms with Crippen molar-refractivity contribution in [2.45, 2.75) is 12.5 Å². The van der Waals surface area contributed by atoms with E-state index in [1.54, 1.807) is 12.1 Å². The number of aromatic hydroxyl groups is 1. The maximum absolute atomic E-state index is 11.1. The summed E-state index contributed by atoms with van der Waals surface area (Å²) in [6, 6.07) is 2.56. The van der Waals surface area contributed by atoms with Crippen molar-refractivity contribution in [2.24, 2.45) is 5.73 Å². The molecule has 16 heavy (non-hydrogen) atoms. The van der Waals surface area contributed by atoms with Crippen LogP contribution in [0, 0.1) is 0 Å². The van der Waals surface area contributed by atoms with Gasteiger partial charge in [0.15, 0.2) is 0 Å². The molecule has 0 saturated heterocycles. The van der Waals surface area contributed by atoms with Gasteiger partial charge in [-0.05, 0) is 12.1 Å². The molecule has 0 heterocycles. The Morgan fingerprint density at radius 3 is 2.81 bits per heavy atom. The molecule has 1 aromatic carbocycles. The van der Waals surface area contributed by atoms with Gasteiger partial charge < -0.3 is 21.3 Å². The zero-order chi connectivity index (χ0) is 12.3. The molecule has 6 heteroatoms. The molecule has 0 saturated carbocycles. The van der Waals surface area contributed by atoms with Crippen LogP contribution in [-0.4, -0.2) is 18.2 Å². The van der Waals surface area contributed by atoms with Crippen LogP contribution in [0.25, 0.3) is 0 Å². The van der Waals surface area contributed by atoms with Crippen LogP contribution in [0.15, 0.2) is 16.6 Å². The van der Waals surface area contributed by atoms with Crippen molar-refractivity contribution >= 4 is 27.6 Å². The van der Waals surface area contributed by atoms with Gasteiger partial charge in [-0.15, -0.1) is 0 Å². The van der Waals surface area contributed by atoms with E-state index in [-0.39, 0.29) is 17.9 Å². The maximum Gasteiger partial charge on any atom is 0.307 e. The van der Waals surface area contributed by atoms with Crippen molar-refractivity contribution in [3.63, 3.8) is 0 Å². The molecule has 5 N–H and O–H groups in total. The van der Waals surface area contributed by atoms with Crippen LogP contribution in [0.3, 0.4) is 0 Å². The molecule has 0 aliphatic rings. The van der Waals surface area contributed by atoms with Gasteiger partial charge in [0.05, 0.1) is 19.2 Å². The quantitative estimate of drug-likeness (QED) is 0.442. The highest BCUT2D eigenvalue weighted by Gasteiger charge is 2.19. The van der Waals surface area contributed by atoms with Gasteiger partial charge in [-0.3, -0.25) is 4.79 Å². The second kappa shape index (κ2) is 5.18. The minimum Gasteiger partial charge on any atom is -0.505 e. The number of methoxy groups -OCH3 is 1. The van der Waals surface area contributed by atoms with Gasteiger partial charge in [-0.2, -0.15) is 0 Å². The number of hydrogen-bond donors (Lipinski definition) is 3. The molecule has 0 aliphatic heterocycles. The van der Waals surface area contributed by atoms with Crippen molar-refractivity contribution in [2.75, 3.05) is 12.8 Å². The molecule has 1 rings (SSSR count). The van der Waals surface area contributed by atoms with E-state index in [0.717, 1.165) is 0 Å². The molecule has 88 valence electrons. The number of ether oxygens (including phenoxy) is 1. The van der Waals surface area contributed by atoms with E-state index >= 15 is 0 Å². The normalized spacial score (nSPS) is 12.2. The molecule has 0 radical (unpaired) electrons. The minimum atomic E-state index is -0.662. The summed E-state index contributed by atoms with van der Waals surface area (Å²) >= 11 is 3.25. The van der Waals surface area contributed by atoms with Crippen molar-refractivity contribution in [1.82, 2.24) is 0 Å². The van der Waals surface area contributed by atoms with Crippen molar-refractivity contribution in [3.05, 3.63) is 22.2 Å². The number of rotatable bonds is 3. The number of benzene rings is 1. The standard InChI is InChI=1S/C10H13BrN2O3/c1-16-8(14)4-7(13)9-5(11)2-3-6(12)10(9)15/h2-3,7,15H,4,12-13H2,1H3/t7-/m1/s1. The fourth-order valence-electron chi connectivity index (χ4n) is 1.32. The third-order valence-electron chi connectivity index (χ3n) is 2.18. The number of nitrogen functional groups attached to an aromatic ring is 1. The number of carbonyl (C=O) groups excluding carboxylic acids is 1. The minimum absolute atomic E-state index is 0.0217. The Balaban J connectivity index is 3.03. The number of carbonyl (C=O) groups is 1. The van der Waals surface area contributed by atoms with Gasteiger partial charge in [0.1, 0.15) is 5.75 Å². The van der Waals surface area contributed by atoms with Crippen molar-refractivity contribution in [1.29, 1.82) is 0 Å². The first-order chi connectivity index (χ1) is 7.47. The van der Waals surface area contributed by atoms with Gasteiger partial charge in [0, 0.05) is 16.1 Å². The molecule has 0 spiro atoms. The lowest BCUT2D eigenvalue weighted by Gasteiger charge is -2.15. The number of phenols is 1. The average molecular weight is 289 g/mol. The van der Waals surface area contributed by atoms with Crippen LogP contribution in [0.1, 0.15) is 18.0 Å². The molecule has 0 aliphatic carbocycles. The number of phenolic OH excluding ortho intramolecular Hbond substituents is 1. The molecular formula is C10H13BrN2O3. The smallest absolute Gasteiger partial charge is 0.307 e. The van der Waals surface area contributed by atoms with Crippen LogP contribution >= 0.6 is 15.9 Å². The summed E-state index contributed by atoms with van der Waals surface area (Å²) in [5.41, 5.74) is 12.0. The predicted octanol–water partition coefficient (Wildman–Crippen LogP) is 1.30. The highest BCUT2D eigenvalue weighted by Crippen LogP contribution is 2.36. The van der Waals surface area contributed by atoms with E-state index < -0.39 is 12.0 Å². The summed E-state index contributed by atoms with van der Waals surface area (Å²) in [5, 5.41) is 9.75. The van der Waals surface area contributed by atoms with Crippen LogP contribution in [0.5, 0.6) is 5.75 Å². The number of halogens is 1. The third kappa shape index (κ3) is 2.65. The van der Waals surface area contributed by atoms with Gasteiger partial charge >= 0.3 is 5.97 Å². The van der Waals surface area contributed by atoms with Crippen LogP contribution in [0.2, 0.25) is 0 Å². The predicted molar refractivity (Wildman–Crippen MR) is 63.8 cm³/mol. The van der Waals surface area contributed by atoms with E-state index in [0.29, 0.717) is 10.0 Å². The molecule has 0 amide bonds. The molecule has 1 atom stereocenters. The molecule has 0 unspecified atom stereocenters. The van der Waals surface area contributed by atoms with Crippen LogP contribution < -0.4 is 11.5 Å². The fourth-order valence-corrected chi connectivity index (χ4v) is 1.93. The Kier molecular flexibility index (Phi) is 4.14. The van der Waals surface area contributed by atoms with Gasteiger partial charge in [0.2, 0.25) is 0 Å².